The molecule has 0 aromatic heterocycles. The van der Waals surface area contributed by atoms with Gasteiger partial charge in [0.05, 0.1) is 0 Å². The second-order valence-electron chi connectivity index (χ2n) is 2.48. The summed E-state index contributed by atoms with van der Waals surface area (Å²) < 4.78 is 0. The van der Waals surface area contributed by atoms with Crippen LogP contribution in [-0.4, -0.2) is 0 Å². The maximum absolute atomic E-state index is 3.67. The predicted octanol–water partition coefficient (Wildman–Crippen LogP) is 3.87. The Bertz CT molecular complexity index is 129. The first-order valence-electron chi connectivity index (χ1n) is 4.34. The van der Waals surface area contributed by atoms with Crippen LogP contribution in [0, 0.1) is 0 Å². The highest BCUT2D eigenvalue weighted by Crippen LogP contribution is 1.96. The van der Waals surface area contributed by atoms with Crippen molar-refractivity contribution in [2.24, 2.45) is 0 Å². The van der Waals surface area contributed by atoms with Crippen LogP contribution in [0.1, 0.15) is 32.6 Å². The second-order valence-corrected chi connectivity index (χ2v) is 2.48. The van der Waals surface area contributed by atoms with Gasteiger partial charge in [-0.15, -0.1) is 6.58 Å². The summed E-state index contributed by atoms with van der Waals surface area (Å²) in [7, 11) is 0. The third-order valence-electron chi connectivity index (χ3n) is 1.40. The molecular weight excluding hydrogens is 132 g/mol. The zero-order valence-electron chi connectivity index (χ0n) is 7.42. The summed E-state index contributed by atoms with van der Waals surface area (Å²) in [5.74, 6) is 0. The molecule has 0 bridgehead atoms. The normalized spacial score (nSPS) is 11.4. The van der Waals surface area contributed by atoms with Gasteiger partial charge in [-0.2, -0.15) is 0 Å². The van der Waals surface area contributed by atoms with Gasteiger partial charge in [0, 0.05) is 0 Å². The summed E-state index contributed by atoms with van der Waals surface area (Å²) in [6, 6.07) is 0. The number of rotatable bonds is 6. The van der Waals surface area contributed by atoms with Gasteiger partial charge in [0.15, 0.2) is 0 Å². The molecule has 0 amide bonds. The fourth-order valence-electron chi connectivity index (χ4n) is 0.769. The fourth-order valence-corrected chi connectivity index (χ4v) is 0.769. The largest absolute Gasteiger partial charge is 0.103 e. The Labute approximate surface area is 70.3 Å². The molecule has 0 aliphatic carbocycles. The third-order valence-corrected chi connectivity index (χ3v) is 1.40. The van der Waals surface area contributed by atoms with Crippen LogP contribution in [0.5, 0.6) is 0 Å². The van der Waals surface area contributed by atoms with E-state index in [0.717, 1.165) is 12.8 Å². The van der Waals surface area contributed by atoms with Crippen LogP contribution in [0.3, 0.4) is 0 Å². The standard InChI is InChI=1S/C11H18/c1-3-5-7-9-11-10-8-6-4-2/h3,6,8,10-11H,1,4-5,7,9H2,2H3. The summed E-state index contributed by atoms with van der Waals surface area (Å²) in [5, 5.41) is 0. The van der Waals surface area contributed by atoms with E-state index >= 15 is 0 Å². The van der Waals surface area contributed by atoms with Gasteiger partial charge in [0.2, 0.25) is 0 Å². The van der Waals surface area contributed by atoms with Crippen molar-refractivity contribution in [2.75, 3.05) is 0 Å². The van der Waals surface area contributed by atoms with Crippen molar-refractivity contribution in [1.82, 2.24) is 0 Å². The van der Waals surface area contributed by atoms with Gasteiger partial charge in [-0.25, -0.2) is 0 Å². The molecule has 0 aromatic rings. The Kier molecular flexibility index (Phi) is 8.57. The minimum absolute atomic E-state index is 1.12. The van der Waals surface area contributed by atoms with Crippen LogP contribution >= 0.6 is 0 Å². The first-order valence-corrected chi connectivity index (χ1v) is 4.34. The van der Waals surface area contributed by atoms with Gasteiger partial charge in [0.1, 0.15) is 0 Å². The zero-order chi connectivity index (χ0) is 8.36. The first kappa shape index (κ1) is 10.2. The maximum atomic E-state index is 3.67. The lowest BCUT2D eigenvalue weighted by Gasteiger charge is -1.86. The SMILES string of the molecule is C=CCCCC=CC=CCC. The molecule has 0 rings (SSSR count). The lowest BCUT2D eigenvalue weighted by atomic mass is 10.2. The Morgan fingerprint density at radius 2 is 1.82 bits per heavy atom. The molecule has 0 saturated heterocycles. The van der Waals surface area contributed by atoms with Crippen LogP contribution < -0.4 is 0 Å². The van der Waals surface area contributed by atoms with Crippen molar-refractivity contribution in [3.63, 3.8) is 0 Å². The van der Waals surface area contributed by atoms with Gasteiger partial charge in [-0.3, -0.25) is 0 Å². The lowest BCUT2D eigenvalue weighted by Crippen LogP contribution is -1.66. The van der Waals surface area contributed by atoms with E-state index in [-0.39, 0.29) is 0 Å². The molecule has 0 nitrogen and oxygen atoms in total. The van der Waals surface area contributed by atoms with Crippen molar-refractivity contribution < 1.29 is 0 Å². The van der Waals surface area contributed by atoms with E-state index < -0.39 is 0 Å². The molecule has 0 heteroatoms. The van der Waals surface area contributed by atoms with E-state index in [9.17, 15) is 0 Å². The van der Waals surface area contributed by atoms with Gasteiger partial charge < -0.3 is 0 Å². The molecule has 62 valence electrons. The number of hydrogen-bond acceptors (Lipinski definition) is 0. The molecule has 0 fully saturated rings. The quantitative estimate of drug-likeness (QED) is 0.306. The molecule has 0 aromatic carbocycles. The molecular formula is C11H18. The van der Waals surface area contributed by atoms with Gasteiger partial charge in [0.25, 0.3) is 0 Å². The Hall–Kier alpha value is -0.780. The minimum atomic E-state index is 1.12. The predicted molar refractivity (Wildman–Crippen MR) is 52.6 cm³/mol. The van der Waals surface area contributed by atoms with E-state index in [0.29, 0.717) is 0 Å². The molecule has 0 heterocycles. The number of hydrogen-bond donors (Lipinski definition) is 0. The molecule has 0 spiro atoms. The average molecular weight is 150 g/mol. The Morgan fingerprint density at radius 3 is 2.45 bits per heavy atom. The van der Waals surface area contributed by atoms with E-state index in [4.69, 9.17) is 0 Å². The monoisotopic (exact) mass is 150 g/mol. The highest BCUT2D eigenvalue weighted by molar-refractivity contribution is 5.01. The molecule has 0 N–H and O–H groups in total. The molecule has 0 saturated carbocycles. The zero-order valence-corrected chi connectivity index (χ0v) is 7.42. The van der Waals surface area contributed by atoms with Crippen LogP contribution in [0.2, 0.25) is 0 Å². The van der Waals surface area contributed by atoms with Crippen molar-refractivity contribution >= 4 is 0 Å². The molecule has 0 aliphatic rings. The lowest BCUT2D eigenvalue weighted by molar-refractivity contribution is 0.870. The maximum Gasteiger partial charge on any atom is -0.0345 e. The van der Waals surface area contributed by atoms with Crippen LogP contribution in [-0.2, 0) is 0 Å². The van der Waals surface area contributed by atoms with E-state index in [1.165, 1.54) is 12.8 Å². The Morgan fingerprint density at radius 1 is 1.09 bits per heavy atom. The van der Waals surface area contributed by atoms with Crippen LogP contribution in [0.4, 0.5) is 0 Å². The third kappa shape index (κ3) is 9.22. The topological polar surface area (TPSA) is 0 Å². The first-order chi connectivity index (χ1) is 5.41. The van der Waals surface area contributed by atoms with Crippen molar-refractivity contribution in [2.45, 2.75) is 32.6 Å². The molecule has 0 atom stereocenters. The molecule has 0 unspecified atom stereocenters. The Balaban J connectivity index is 3.15. The minimum Gasteiger partial charge on any atom is -0.103 e. The van der Waals surface area contributed by atoms with E-state index in [1.54, 1.807) is 0 Å². The second kappa shape index (κ2) is 9.22. The van der Waals surface area contributed by atoms with Crippen LogP contribution in [0.25, 0.3) is 0 Å². The summed E-state index contributed by atoms with van der Waals surface area (Å²) in [5.41, 5.74) is 0. The van der Waals surface area contributed by atoms with Crippen molar-refractivity contribution in [3.05, 3.63) is 37.0 Å². The molecule has 11 heavy (non-hydrogen) atoms. The van der Waals surface area contributed by atoms with Gasteiger partial charge in [-0.1, -0.05) is 37.3 Å². The summed E-state index contributed by atoms with van der Waals surface area (Å²) in [6.07, 6.45) is 15.2. The highest BCUT2D eigenvalue weighted by Gasteiger charge is 1.76. The van der Waals surface area contributed by atoms with E-state index in [1.807, 2.05) is 6.08 Å². The summed E-state index contributed by atoms with van der Waals surface area (Å²) in [4.78, 5) is 0. The van der Waals surface area contributed by atoms with E-state index in [2.05, 4.69) is 37.8 Å². The molecule has 0 radical (unpaired) electrons. The van der Waals surface area contributed by atoms with Crippen LogP contribution in [0.15, 0.2) is 37.0 Å². The smallest absolute Gasteiger partial charge is 0.0345 e. The average Bonchev–Trinajstić information content (AvgIpc) is 2.03. The summed E-state index contributed by atoms with van der Waals surface area (Å²) in [6.45, 7) is 5.81. The van der Waals surface area contributed by atoms with Crippen molar-refractivity contribution in [3.8, 4) is 0 Å². The fraction of sp³-hybridized carbons (Fsp3) is 0.455. The number of unbranched alkanes of at least 4 members (excludes halogenated alkanes) is 2. The highest BCUT2D eigenvalue weighted by atomic mass is 13.8. The van der Waals surface area contributed by atoms with Crippen molar-refractivity contribution in [1.29, 1.82) is 0 Å². The molecule has 0 aliphatic heterocycles. The number of allylic oxidation sites excluding steroid dienone is 5. The van der Waals surface area contributed by atoms with Gasteiger partial charge >= 0.3 is 0 Å². The van der Waals surface area contributed by atoms with Gasteiger partial charge in [-0.05, 0) is 25.7 Å². The summed E-state index contributed by atoms with van der Waals surface area (Å²) >= 11 is 0.